The number of nitrogens with zero attached hydrogens (tertiary/aromatic N) is 1. The fraction of sp³-hybridized carbons (Fsp3) is 0.0385. The number of benzene rings is 4. The Morgan fingerprint density at radius 3 is 2.46 bits per heavy atom. The molecule has 0 fully saturated rings. The first kappa shape index (κ1) is 22.9. The Hall–Kier alpha value is -3.88. The van der Waals surface area contributed by atoms with E-state index in [0.717, 1.165) is 10.4 Å². The van der Waals surface area contributed by atoms with Gasteiger partial charge in [-0.1, -0.05) is 48.0 Å². The zero-order chi connectivity index (χ0) is 24.6. The molecule has 1 aliphatic heterocycles. The van der Waals surface area contributed by atoms with Gasteiger partial charge in [0.15, 0.2) is 5.75 Å². The van der Waals surface area contributed by atoms with Gasteiger partial charge in [-0.3, -0.25) is 9.10 Å². The van der Waals surface area contributed by atoms with Crippen LogP contribution >= 0.6 is 11.6 Å². The summed E-state index contributed by atoms with van der Waals surface area (Å²) in [5, 5.41) is 3.06. The highest BCUT2D eigenvalue weighted by molar-refractivity contribution is 7.93. The fourth-order valence-electron chi connectivity index (χ4n) is 3.90. The molecule has 5 rings (SSSR count). The van der Waals surface area contributed by atoms with Crippen molar-refractivity contribution in [1.29, 1.82) is 0 Å². The predicted molar refractivity (Wildman–Crippen MR) is 133 cm³/mol. The summed E-state index contributed by atoms with van der Waals surface area (Å²) >= 11 is 6.13. The number of amides is 1. The minimum Gasteiger partial charge on any atom is -0.455 e. The van der Waals surface area contributed by atoms with Crippen molar-refractivity contribution in [3.63, 3.8) is 0 Å². The summed E-state index contributed by atoms with van der Waals surface area (Å²) in [6.45, 7) is -0.535. The van der Waals surface area contributed by atoms with E-state index in [9.17, 15) is 17.6 Å². The van der Waals surface area contributed by atoms with E-state index in [1.165, 1.54) is 24.3 Å². The van der Waals surface area contributed by atoms with Gasteiger partial charge in [-0.15, -0.1) is 0 Å². The highest BCUT2D eigenvalue weighted by Gasteiger charge is 2.36. The normalized spacial score (nSPS) is 13.5. The summed E-state index contributed by atoms with van der Waals surface area (Å²) in [7, 11) is -4.07. The van der Waals surface area contributed by atoms with E-state index in [1.807, 2.05) is 18.2 Å². The van der Waals surface area contributed by atoms with Crippen molar-refractivity contribution in [3.8, 4) is 22.6 Å². The van der Waals surface area contributed by atoms with E-state index in [1.54, 1.807) is 42.5 Å². The van der Waals surface area contributed by atoms with E-state index in [4.69, 9.17) is 16.3 Å². The van der Waals surface area contributed by atoms with Crippen molar-refractivity contribution < 1.29 is 22.3 Å². The maximum absolute atomic E-state index is 14.0. The Bertz CT molecular complexity index is 1540. The molecular formula is C26H18ClFN2O4S. The van der Waals surface area contributed by atoms with Gasteiger partial charge in [0, 0.05) is 16.1 Å². The number of hydrogen-bond donors (Lipinski definition) is 1. The molecule has 0 spiro atoms. The van der Waals surface area contributed by atoms with Gasteiger partial charge >= 0.3 is 0 Å². The molecule has 1 aliphatic rings. The third kappa shape index (κ3) is 4.45. The van der Waals surface area contributed by atoms with Gasteiger partial charge < -0.3 is 10.1 Å². The largest absolute Gasteiger partial charge is 0.455 e. The Balaban J connectivity index is 1.47. The monoisotopic (exact) mass is 508 g/mol. The second-order valence-electron chi connectivity index (χ2n) is 7.77. The maximum Gasteiger partial charge on any atom is 0.265 e. The first-order chi connectivity index (χ1) is 16.8. The van der Waals surface area contributed by atoms with Gasteiger partial charge in [-0.2, -0.15) is 0 Å². The Labute approximate surface area is 206 Å². The highest BCUT2D eigenvalue weighted by Crippen LogP contribution is 2.43. The molecule has 9 heteroatoms. The molecule has 0 radical (unpaired) electrons. The number of ether oxygens (including phenoxy) is 1. The summed E-state index contributed by atoms with van der Waals surface area (Å²) in [5.74, 6) is -0.243. The molecule has 0 aliphatic carbocycles. The first-order valence-electron chi connectivity index (χ1n) is 10.6. The Kier molecular flexibility index (Phi) is 5.92. The number of hydrogen-bond acceptors (Lipinski definition) is 4. The molecule has 1 N–H and O–H groups in total. The molecule has 4 aromatic carbocycles. The highest BCUT2D eigenvalue weighted by atomic mass is 35.5. The van der Waals surface area contributed by atoms with Crippen LogP contribution in [0.15, 0.2) is 95.9 Å². The lowest BCUT2D eigenvalue weighted by Crippen LogP contribution is -2.40. The number of nitrogens with one attached hydrogen (secondary N) is 1. The van der Waals surface area contributed by atoms with Crippen molar-refractivity contribution in [2.75, 3.05) is 16.2 Å². The van der Waals surface area contributed by atoms with Crippen LogP contribution in [-0.2, 0) is 14.8 Å². The average Bonchev–Trinajstić information content (AvgIpc) is 2.84. The Morgan fingerprint density at radius 2 is 1.66 bits per heavy atom. The van der Waals surface area contributed by atoms with Gasteiger partial charge in [0.1, 0.15) is 18.1 Å². The number of carbonyl (C=O) groups excluding carboxylic acids is 1. The summed E-state index contributed by atoms with van der Waals surface area (Å²) in [6.07, 6.45) is 0. The van der Waals surface area contributed by atoms with Crippen LogP contribution in [-0.4, -0.2) is 20.9 Å². The number of rotatable bonds is 5. The second-order valence-corrected chi connectivity index (χ2v) is 10.0. The fourth-order valence-corrected chi connectivity index (χ4v) is 5.72. The zero-order valence-electron chi connectivity index (χ0n) is 18.1. The SMILES string of the molecule is O=C(CN1c2ccc(F)cc2-c2ccccc2S1(=O)=O)Nc1cc(Cl)ccc1Oc1ccccc1. The lowest BCUT2D eigenvalue weighted by molar-refractivity contribution is -0.114. The van der Waals surface area contributed by atoms with Gasteiger partial charge in [0.05, 0.1) is 16.3 Å². The van der Waals surface area contributed by atoms with Crippen LogP contribution in [0.25, 0.3) is 11.1 Å². The summed E-state index contributed by atoms with van der Waals surface area (Å²) in [5.41, 5.74) is 1.26. The molecule has 0 unspecified atom stereocenters. The molecule has 0 bridgehead atoms. The molecule has 1 heterocycles. The molecular weight excluding hydrogens is 491 g/mol. The van der Waals surface area contributed by atoms with E-state index in [2.05, 4.69) is 5.32 Å². The van der Waals surface area contributed by atoms with Crippen LogP contribution in [0.4, 0.5) is 15.8 Å². The van der Waals surface area contributed by atoms with Crippen LogP contribution < -0.4 is 14.4 Å². The quantitative estimate of drug-likeness (QED) is 0.354. The summed E-state index contributed by atoms with van der Waals surface area (Å²) < 4.78 is 47.7. The molecule has 1 amide bonds. The minimum absolute atomic E-state index is 0.00163. The molecule has 4 aromatic rings. The van der Waals surface area contributed by atoms with Gasteiger partial charge in [-0.05, 0) is 54.6 Å². The van der Waals surface area contributed by atoms with Gasteiger partial charge in [0.2, 0.25) is 5.91 Å². The van der Waals surface area contributed by atoms with Crippen molar-refractivity contribution in [2.24, 2.45) is 0 Å². The minimum atomic E-state index is -4.07. The van der Waals surface area contributed by atoms with E-state index < -0.39 is 28.3 Å². The van der Waals surface area contributed by atoms with Crippen LogP contribution in [0.5, 0.6) is 11.5 Å². The van der Waals surface area contributed by atoms with Crippen LogP contribution in [0.2, 0.25) is 5.02 Å². The molecule has 0 saturated carbocycles. The molecule has 6 nitrogen and oxygen atoms in total. The van der Waals surface area contributed by atoms with E-state index in [0.29, 0.717) is 27.6 Å². The maximum atomic E-state index is 14.0. The predicted octanol–water partition coefficient (Wildman–Crippen LogP) is 6.09. The molecule has 35 heavy (non-hydrogen) atoms. The zero-order valence-corrected chi connectivity index (χ0v) is 19.7. The first-order valence-corrected chi connectivity index (χ1v) is 12.4. The van der Waals surface area contributed by atoms with Crippen LogP contribution in [0.3, 0.4) is 0 Å². The number of carbonyl (C=O) groups is 1. The van der Waals surface area contributed by atoms with Crippen molar-refractivity contribution in [2.45, 2.75) is 4.90 Å². The lowest BCUT2D eigenvalue weighted by atomic mass is 10.0. The molecule has 0 saturated heterocycles. The lowest BCUT2D eigenvalue weighted by Gasteiger charge is -2.31. The standard InChI is InChI=1S/C26H18ClFN2O4S/c27-17-10-13-24(34-19-6-2-1-3-7-19)22(14-17)29-26(31)16-30-23-12-11-18(28)15-21(23)20-8-4-5-9-25(20)35(30,32)33/h1-15H,16H2,(H,29,31). The summed E-state index contributed by atoms with van der Waals surface area (Å²) in [4.78, 5) is 13.1. The number of fused-ring (bicyclic) bond motifs is 3. The van der Waals surface area contributed by atoms with Gasteiger partial charge in [-0.25, -0.2) is 12.8 Å². The average molecular weight is 509 g/mol. The van der Waals surface area contributed by atoms with E-state index in [-0.39, 0.29) is 16.3 Å². The van der Waals surface area contributed by atoms with Crippen molar-refractivity contribution >= 4 is 38.9 Å². The molecule has 176 valence electrons. The number of sulfonamides is 1. The molecule has 0 aromatic heterocycles. The van der Waals surface area contributed by atoms with Crippen LogP contribution in [0.1, 0.15) is 0 Å². The van der Waals surface area contributed by atoms with E-state index >= 15 is 0 Å². The van der Waals surface area contributed by atoms with Crippen LogP contribution in [0, 0.1) is 5.82 Å². The van der Waals surface area contributed by atoms with Crippen molar-refractivity contribution in [3.05, 3.63) is 102 Å². The number of para-hydroxylation sites is 1. The smallest absolute Gasteiger partial charge is 0.265 e. The third-order valence-electron chi connectivity index (χ3n) is 5.45. The summed E-state index contributed by atoms with van der Waals surface area (Å²) in [6, 6.07) is 23.8. The van der Waals surface area contributed by atoms with Crippen molar-refractivity contribution in [1.82, 2.24) is 0 Å². The number of halogens is 2. The Morgan fingerprint density at radius 1 is 0.914 bits per heavy atom. The molecule has 0 atom stereocenters. The number of anilines is 2. The topological polar surface area (TPSA) is 75.7 Å². The second kappa shape index (κ2) is 9.05. The van der Waals surface area contributed by atoms with Gasteiger partial charge in [0.25, 0.3) is 10.0 Å². The third-order valence-corrected chi connectivity index (χ3v) is 7.50.